The van der Waals surface area contributed by atoms with Crippen LogP contribution in [-0.2, 0) is 4.74 Å². The Bertz CT molecular complexity index is 384. The molecule has 0 atom stereocenters. The Labute approximate surface area is 119 Å². The lowest BCUT2D eigenvalue weighted by molar-refractivity contribution is 0.0408. The highest BCUT2D eigenvalue weighted by atomic mass is 32.1. The first kappa shape index (κ1) is 14.5. The van der Waals surface area contributed by atoms with E-state index in [4.69, 9.17) is 4.74 Å². The summed E-state index contributed by atoms with van der Waals surface area (Å²) in [6, 6.07) is 3.83. The van der Waals surface area contributed by atoms with Crippen LogP contribution in [0.15, 0.2) is 17.5 Å². The first-order chi connectivity index (χ1) is 9.16. The topological polar surface area (TPSA) is 32.8 Å². The summed E-state index contributed by atoms with van der Waals surface area (Å²) in [7, 11) is 0. The maximum absolute atomic E-state index is 12.2. The fourth-order valence-corrected chi connectivity index (χ4v) is 2.84. The van der Waals surface area contributed by atoms with E-state index in [2.05, 4.69) is 18.7 Å². The van der Waals surface area contributed by atoms with Crippen molar-refractivity contribution in [2.45, 2.75) is 20.0 Å². The lowest BCUT2D eigenvalue weighted by atomic mass is 10.3. The fourth-order valence-electron chi connectivity index (χ4n) is 2.15. The van der Waals surface area contributed by atoms with Crippen molar-refractivity contribution < 1.29 is 9.53 Å². The van der Waals surface area contributed by atoms with Crippen LogP contribution in [-0.4, -0.2) is 61.1 Å². The van der Waals surface area contributed by atoms with Crippen LogP contribution in [0.5, 0.6) is 0 Å². The van der Waals surface area contributed by atoms with Crippen LogP contribution in [0.1, 0.15) is 23.5 Å². The number of nitrogens with zero attached hydrogens (tertiary/aromatic N) is 2. The van der Waals surface area contributed by atoms with Gasteiger partial charge < -0.3 is 9.64 Å². The van der Waals surface area contributed by atoms with Crippen LogP contribution in [0.3, 0.4) is 0 Å². The predicted octanol–water partition coefficient (Wildman–Crippen LogP) is 1.93. The van der Waals surface area contributed by atoms with E-state index in [1.165, 1.54) is 11.3 Å². The van der Waals surface area contributed by atoms with Gasteiger partial charge >= 0.3 is 0 Å². The minimum atomic E-state index is 0.174. The molecular formula is C14H22N2O2S. The quantitative estimate of drug-likeness (QED) is 0.827. The fraction of sp³-hybridized carbons (Fsp3) is 0.643. The van der Waals surface area contributed by atoms with Gasteiger partial charge in [0.25, 0.3) is 5.91 Å². The van der Waals surface area contributed by atoms with Gasteiger partial charge in [-0.1, -0.05) is 6.07 Å². The monoisotopic (exact) mass is 282 g/mol. The number of hydrogen-bond acceptors (Lipinski definition) is 4. The second-order valence-electron chi connectivity index (χ2n) is 5.03. The molecule has 19 heavy (non-hydrogen) atoms. The SMILES string of the molecule is CC(C)OCCN1CCN(C(=O)c2cccs2)CC1. The molecule has 106 valence electrons. The minimum Gasteiger partial charge on any atom is -0.377 e. The third-order valence-electron chi connectivity index (χ3n) is 3.25. The van der Waals surface area contributed by atoms with E-state index in [1.807, 2.05) is 22.4 Å². The maximum Gasteiger partial charge on any atom is 0.264 e. The highest BCUT2D eigenvalue weighted by Gasteiger charge is 2.22. The molecule has 1 aliphatic rings. The summed E-state index contributed by atoms with van der Waals surface area (Å²) in [6.07, 6.45) is 0.293. The van der Waals surface area contributed by atoms with Crippen LogP contribution >= 0.6 is 11.3 Å². The molecular weight excluding hydrogens is 260 g/mol. The second-order valence-corrected chi connectivity index (χ2v) is 5.98. The molecule has 2 rings (SSSR count). The zero-order valence-electron chi connectivity index (χ0n) is 11.7. The van der Waals surface area contributed by atoms with Gasteiger partial charge in [-0.15, -0.1) is 11.3 Å². The summed E-state index contributed by atoms with van der Waals surface area (Å²) >= 11 is 1.52. The largest absolute Gasteiger partial charge is 0.377 e. The van der Waals surface area contributed by atoms with Crippen molar-refractivity contribution in [1.82, 2.24) is 9.80 Å². The van der Waals surface area contributed by atoms with Crippen molar-refractivity contribution in [3.05, 3.63) is 22.4 Å². The Balaban J connectivity index is 1.72. The molecule has 1 aromatic rings. The van der Waals surface area contributed by atoms with E-state index in [0.717, 1.165) is 44.2 Å². The van der Waals surface area contributed by atoms with Crippen LogP contribution < -0.4 is 0 Å². The summed E-state index contributed by atoms with van der Waals surface area (Å²) in [5, 5.41) is 1.95. The van der Waals surface area contributed by atoms with Crippen LogP contribution in [0.2, 0.25) is 0 Å². The summed E-state index contributed by atoms with van der Waals surface area (Å²) in [6.45, 7) is 9.36. The van der Waals surface area contributed by atoms with Crippen molar-refractivity contribution >= 4 is 17.2 Å². The Hall–Kier alpha value is -0.910. The molecule has 5 heteroatoms. The lowest BCUT2D eigenvalue weighted by Crippen LogP contribution is -2.49. The smallest absolute Gasteiger partial charge is 0.264 e. The summed E-state index contributed by atoms with van der Waals surface area (Å²) in [5.41, 5.74) is 0. The molecule has 0 aromatic carbocycles. The minimum absolute atomic E-state index is 0.174. The summed E-state index contributed by atoms with van der Waals surface area (Å²) in [5.74, 6) is 0.174. The molecule has 1 amide bonds. The van der Waals surface area contributed by atoms with Gasteiger partial charge in [0.15, 0.2) is 0 Å². The molecule has 0 N–H and O–H groups in total. The average Bonchev–Trinajstić information content (AvgIpc) is 2.92. The molecule has 0 saturated carbocycles. The zero-order chi connectivity index (χ0) is 13.7. The Morgan fingerprint density at radius 1 is 1.37 bits per heavy atom. The van der Waals surface area contributed by atoms with E-state index in [0.29, 0.717) is 6.10 Å². The van der Waals surface area contributed by atoms with Gasteiger partial charge in [0.1, 0.15) is 0 Å². The number of amides is 1. The molecule has 0 bridgehead atoms. The van der Waals surface area contributed by atoms with Crippen molar-refractivity contribution in [3.63, 3.8) is 0 Å². The lowest BCUT2D eigenvalue weighted by Gasteiger charge is -2.34. The molecule has 1 aromatic heterocycles. The molecule has 1 fully saturated rings. The van der Waals surface area contributed by atoms with E-state index >= 15 is 0 Å². The first-order valence-corrected chi connectivity index (χ1v) is 7.71. The molecule has 1 saturated heterocycles. The van der Waals surface area contributed by atoms with Crippen LogP contribution in [0.25, 0.3) is 0 Å². The van der Waals surface area contributed by atoms with E-state index in [-0.39, 0.29) is 5.91 Å². The molecule has 0 unspecified atom stereocenters. The first-order valence-electron chi connectivity index (χ1n) is 6.83. The van der Waals surface area contributed by atoms with Crippen molar-refractivity contribution in [2.24, 2.45) is 0 Å². The second kappa shape index (κ2) is 7.03. The number of hydrogen-bond donors (Lipinski definition) is 0. The van der Waals surface area contributed by atoms with Gasteiger partial charge in [-0.05, 0) is 25.3 Å². The molecule has 2 heterocycles. The zero-order valence-corrected chi connectivity index (χ0v) is 12.5. The molecule has 0 radical (unpaired) electrons. The summed E-state index contributed by atoms with van der Waals surface area (Å²) in [4.78, 5) is 17.3. The van der Waals surface area contributed by atoms with Gasteiger partial charge in [0, 0.05) is 32.7 Å². The Morgan fingerprint density at radius 2 is 2.11 bits per heavy atom. The molecule has 0 spiro atoms. The molecule has 1 aliphatic heterocycles. The molecule has 0 aliphatic carbocycles. The number of carbonyl (C=O) groups excluding carboxylic acids is 1. The van der Waals surface area contributed by atoms with Gasteiger partial charge in [-0.2, -0.15) is 0 Å². The van der Waals surface area contributed by atoms with E-state index < -0.39 is 0 Å². The third kappa shape index (κ3) is 4.30. The van der Waals surface area contributed by atoms with E-state index in [1.54, 1.807) is 0 Å². The van der Waals surface area contributed by atoms with Crippen molar-refractivity contribution in [3.8, 4) is 0 Å². The average molecular weight is 282 g/mol. The number of thiophene rings is 1. The third-order valence-corrected chi connectivity index (χ3v) is 4.11. The highest BCUT2D eigenvalue weighted by molar-refractivity contribution is 7.12. The Kier molecular flexibility index (Phi) is 5.36. The van der Waals surface area contributed by atoms with Crippen molar-refractivity contribution in [2.75, 3.05) is 39.3 Å². The van der Waals surface area contributed by atoms with Crippen molar-refractivity contribution in [1.29, 1.82) is 0 Å². The van der Waals surface area contributed by atoms with Crippen LogP contribution in [0, 0.1) is 0 Å². The molecule has 4 nitrogen and oxygen atoms in total. The maximum atomic E-state index is 12.2. The van der Waals surface area contributed by atoms with E-state index in [9.17, 15) is 4.79 Å². The van der Waals surface area contributed by atoms with Gasteiger partial charge in [-0.3, -0.25) is 9.69 Å². The standard InChI is InChI=1S/C14H22N2O2S/c1-12(2)18-10-9-15-5-7-16(8-6-15)14(17)13-4-3-11-19-13/h3-4,11-12H,5-10H2,1-2H3. The highest BCUT2D eigenvalue weighted by Crippen LogP contribution is 2.13. The number of carbonyl (C=O) groups is 1. The Morgan fingerprint density at radius 3 is 2.68 bits per heavy atom. The number of piperazine rings is 1. The number of rotatable bonds is 5. The summed E-state index contributed by atoms with van der Waals surface area (Å²) < 4.78 is 5.56. The van der Waals surface area contributed by atoms with Crippen LogP contribution in [0.4, 0.5) is 0 Å². The number of ether oxygens (including phenoxy) is 1. The van der Waals surface area contributed by atoms with Gasteiger partial charge in [0.05, 0.1) is 17.6 Å². The van der Waals surface area contributed by atoms with Gasteiger partial charge in [-0.25, -0.2) is 0 Å². The van der Waals surface area contributed by atoms with Gasteiger partial charge in [0.2, 0.25) is 0 Å². The predicted molar refractivity (Wildman–Crippen MR) is 77.8 cm³/mol. The normalized spacial score (nSPS) is 17.1.